The molecule has 3 rings (SSSR count). The lowest BCUT2D eigenvalue weighted by Gasteiger charge is -2.28. The first kappa shape index (κ1) is 14.9. The van der Waals surface area contributed by atoms with Crippen molar-refractivity contribution >= 4 is 26.8 Å². The van der Waals surface area contributed by atoms with Crippen LogP contribution >= 0.6 is 15.9 Å². The lowest BCUT2D eigenvalue weighted by atomic mass is 9.92. The quantitative estimate of drug-likeness (QED) is 0.915. The Balaban J connectivity index is 2.11. The second-order valence-corrected chi connectivity index (χ2v) is 6.57. The smallest absolute Gasteiger partial charge is 0.0761 e. The molecule has 1 saturated heterocycles. The zero-order chi connectivity index (χ0) is 14.8. The number of nitrogens with one attached hydrogen (secondary N) is 1. The number of nitrogens with zero attached hydrogens (tertiary/aromatic N) is 2. The van der Waals surface area contributed by atoms with E-state index in [1.54, 1.807) is 0 Å². The summed E-state index contributed by atoms with van der Waals surface area (Å²) in [5.41, 5.74) is 2.51. The van der Waals surface area contributed by atoms with Crippen molar-refractivity contribution in [3.63, 3.8) is 0 Å². The van der Waals surface area contributed by atoms with Gasteiger partial charge in [-0.2, -0.15) is 0 Å². The summed E-state index contributed by atoms with van der Waals surface area (Å²) >= 11 is 3.65. The van der Waals surface area contributed by atoms with E-state index in [1.165, 1.54) is 23.9 Å². The maximum absolute atomic E-state index is 4.67. The summed E-state index contributed by atoms with van der Waals surface area (Å²) in [5.74, 6) is 0.654. The molecule has 2 atom stereocenters. The van der Waals surface area contributed by atoms with Crippen LogP contribution in [0, 0.1) is 5.92 Å². The van der Waals surface area contributed by atoms with Crippen molar-refractivity contribution in [3.8, 4) is 0 Å². The van der Waals surface area contributed by atoms with Crippen molar-refractivity contribution in [1.29, 1.82) is 0 Å². The minimum absolute atomic E-state index is 0.466. The van der Waals surface area contributed by atoms with Crippen LogP contribution in [0.1, 0.15) is 24.9 Å². The molecule has 4 heteroatoms. The van der Waals surface area contributed by atoms with Crippen molar-refractivity contribution in [2.24, 2.45) is 5.92 Å². The van der Waals surface area contributed by atoms with E-state index in [0.717, 1.165) is 23.1 Å². The molecule has 2 heterocycles. The van der Waals surface area contributed by atoms with Gasteiger partial charge in [-0.15, -0.1) is 0 Å². The standard InChI is InChI=1S/C17H22BrN3/c1-3-21-10-8-12(11-19-2)17(21)14-6-7-15(18)13-5-4-9-20-16(13)14/h4-7,9,12,17,19H,3,8,10-11H2,1-2H3. The van der Waals surface area contributed by atoms with Crippen LogP contribution in [0.3, 0.4) is 0 Å². The number of aromatic nitrogens is 1. The summed E-state index contributed by atoms with van der Waals surface area (Å²) in [6.45, 7) is 5.59. The lowest BCUT2D eigenvalue weighted by molar-refractivity contribution is 0.239. The Morgan fingerprint density at radius 3 is 3.00 bits per heavy atom. The van der Waals surface area contributed by atoms with E-state index < -0.39 is 0 Å². The first-order chi connectivity index (χ1) is 10.3. The predicted molar refractivity (Wildman–Crippen MR) is 91.5 cm³/mol. The van der Waals surface area contributed by atoms with E-state index in [-0.39, 0.29) is 0 Å². The number of pyridine rings is 1. The highest BCUT2D eigenvalue weighted by atomic mass is 79.9. The molecule has 1 aliphatic rings. The van der Waals surface area contributed by atoms with Crippen LogP contribution in [0.2, 0.25) is 0 Å². The van der Waals surface area contributed by atoms with Crippen LogP contribution in [0.25, 0.3) is 10.9 Å². The molecule has 112 valence electrons. The van der Waals surface area contributed by atoms with Gasteiger partial charge >= 0.3 is 0 Å². The Kier molecular flexibility index (Phi) is 4.57. The Labute approximate surface area is 134 Å². The largest absolute Gasteiger partial charge is 0.319 e. The molecule has 2 unspecified atom stereocenters. The predicted octanol–water partition coefficient (Wildman–Crippen LogP) is 3.60. The number of hydrogen-bond acceptors (Lipinski definition) is 3. The number of fused-ring (bicyclic) bond motifs is 1. The highest BCUT2D eigenvalue weighted by molar-refractivity contribution is 9.10. The Morgan fingerprint density at radius 2 is 2.24 bits per heavy atom. The van der Waals surface area contributed by atoms with Gasteiger partial charge in [-0.25, -0.2) is 0 Å². The fraction of sp³-hybridized carbons (Fsp3) is 0.471. The van der Waals surface area contributed by atoms with Gasteiger partial charge in [-0.1, -0.05) is 35.0 Å². The molecule has 1 aliphatic heterocycles. The van der Waals surface area contributed by atoms with Gasteiger partial charge in [0.2, 0.25) is 0 Å². The van der Waals surface area contributed by atoms with Crippen LogP contribution in [0.15, 0.2) is 34.9 Å². The number of likely N-dealkylation sites (tertiary alicyclic amines) is 1. The average molecular weight is 348 g/mol. The molecule has 1 N–H and O–H groups in total. The monoisotopic (exact) mass is 347 g/mol. The van der Waals surface area contributed by atoms with Crippen molar-refractivity contribution in [2.45, 2.75) is 19.4 Å². The fourth-order valence-corrected chi connectivity index (χ4v) is 4.06. The van der Waals surface area contributed by atoms with E-state index in [9.17, 15) is 0 Å². The normalized spacial score (nSPS) is 23.0. The summed E-state index contributed by atoms with van der Waals surface area (Å²) < 4.78 is 1.13. The van der Waals surface area contributed by atoms with E-state index in [2.05, 4.69) is 56.3 Å². The molecular formula is C17H22BrN3. The summed E-state index contributed by atoms with van der Waals surface area (Å²) in [5, 5.41) is 4.57. The molecule has 3 nitrogen and oxygen atoms in total. The van der Waals surface area contributed by atoms with E-state index in [4.69, 9.17) is 0 Å². The Hall–Kier alpha value is -0.970. The van der Waals surface area contributed by atoms with Crippen LogP contribution in [0.5, 0.6) is 0 Å². The Bertz CT molecular complexity index is 628. The fourth-order valence-electron chi connectivity index (χ4n) is 3.61. The summed E-state index contributed by atoms with van der Waals surface area (Å²) in [4.78, 5) is 7.26. The van der Waals surface area contributed by atoms with Crippen LogP contribution in [-0.4, -0.2) is 36.6 Å². The van der Waals surface area contributed by atoms with E-state index >= 15 is 0 Å². The highest BCUT2D eigenvalue weighted by Gasteiger charge is 2.35. The number of rotatable bonds is 4. The molecule has 1 fully saturated rings. The van der Waals surface area contributed by atoms with Crippen LogP contribution in [0.4, 0.5) is 0 Å². The molecule has 21 heavy (non-hydrogen) atoms. The third-order valence-electron chi connectivity index (χ3n) is 4.57. The molecule has 0 aliphatic carbocycles. The van der Waals surface area contributed by atoms with Crippen molar-refractivity contribution in [2.75, 3.05) is 26.7 Å². The maximum Gasteiger partial charge on any atom is 0.0761 e. The van der Waals surface area contributed by atoms with Crippen LogP contribution < -0.4 is 5.32 Å². The maximum atomic E-state index is 4.67. The number of halogens is 1. The minimum Gasteiger partial charge on any atom is -0.319 e. The van der Waals surface area contributed by atoms with Gasteiger partial charge in [-0.05, 0) is 56.7 Å². The first-order valence-corrected chi connectivity index (χ1v) is 8.47. The van der Waals surface area contributed by atoms with Gasteiger partial charge in [0.1, 0.15) is 0 Å². The summed E-state index contributed by atoms with van der Waals surface area (Å²) in [7, 11) is 2.05. The van der Waals surface area contributed by atoms with Gasteiger partial charge in [0.25, 0.3) is 0 Å². The molecule has 0 amide bonds. The minimum atomic E-state index is 0.466. The van der Waals surface area contributed by atoms with Gasteiger partial charge in [0, 0.05) is 22.1 Å². The van der Waals surface area contributed by atoms with Crippen molar-refractivity contribution < 1.29 is 0 Å². The third-order valence-corrected chi connectivity index (χ3v) is 5.26. The molecule has 0 spiro atoms. The molecule has 2 aromatic rings. The van der Waals surface area contributed by atoms with E-state index in [1.807, 2.05) is 19.3 Å². The molecule has 0 radical (unpaired) electrons. The molecule has 1 aromatic heterocycles. The van der Waals surface area contributed by atoms with Gasteiger partial charge in [0.15, 0.2) is 0 Å². The topological polar surface area (TPSA) is 28.2 Å². The lowest BCUT2D eigenvalue weighted by Crippen LogP contribution is -2.29. The second kappa shape index (κ2) is 6.42. The van der Waals surface area contributed by atoms with Crippen molar-refractivity contribution in [1.82, 2.24) is 15.2 Å². The molecule has 0 bridgehead atoms. The zero-order valence-electron chi connectivity index (χ0n) is 12.6. The highest BCUT2D eigenvalue weighted by Crippen LogP contribution is 2.40. The Morgan fingerprint density at radius 1 is 1.38 bits per heavy atom. The number of benzene rings is 1. The van der Waals surface area contributed by atoms with Crippen molar-refractivity contribution in [3.05, 3.63) is 40.5 Å². The zero-order valence-corrected chi connectivity index (χ0v) is 14.2. The molecular weight excluding hydrogens is 326 g/mol. The first-order valence-electron chi connectivity index (χ1n) is 7.68. The van der Waals surface area contributed by atoms with Gasteiger partial charge < -0.3 is 5.32 Å². The van der Waals surface area contributed by atoms with Crippen LogP contribution in [-0.2, 0) is 0 Å². The third kappa shape index (κ3) is 2.72. The molecule has 0 saturated carbocycles. The second-order valence-electron chi connectivity index (χ2n) is 5.72. The average Bonchev–Trinajstić information content (AvgIpc) is 2.91. The SMILES string of the molecule is CCN1CCC(CNC)C1c1ccc(Br)c2cccnc12. The van der Waals surface area contributed by atoms with Gasteiger partial charge in [-0.3, -0.25) is 9.88 Å². The summed E-state index contributed by atoms with van der Waals surface area (Å²) in [6, 6.07) is 9.04. The summed E-state index contributed by atoms with van der Waals surface area (Å²) in [6.07, 6.45) is 3.15. The van der Waals surface area contributed by atoms with Gasteiger partial charge in [0.05, 0.1) is 5.52 Å². The van der Waals surface area contributed by atoms with E-state index in [0.29, 0.717) is 12.0 Å². The number of hydrogen-bond donors (Lipinski definition) is 1. The molecule has 1 aromatic carbocycles.